The third kappa shape index (κ3) is 4.03. The number of unbranched alkanes of at least 4 members (excludes halogenated alkanes) is 1. The normalized spacial score (nSPS) is 25.3. The number of rotatable bonds is 6. The molecule has 0 bridgehead atoms. The molecule has 3 nitrogen and oxygen atoms in total. The van der Waals surface area contributed by atoms with Crippen molar-refractivity contribution in [3.8, 4) is 0 Å². The molecular weight excluding hydrogens is 486 g/mol. The van der Waals surface area contributed by atoms with E-state index in [1.165, 1.54) is 52.2 Å². The van der Waals surface area contributed by atoms with Crippen LogP contribution in [0.4, 0.5) is 0 Å². The zero-order valence-corrected chi connectivity index (χ0v) is 23.3. The summed E-state index contributed by atoms with van der Waals surface area (Å²) < 4.78 is 0. The van der Waals surface area contributed by atoms with E-state index in [1.54, 1.807) is 0 Å². The molecule has 40 heavy (non-hydrogen) atoms. The molecule has 0 fully saturated rings. The van der Waals surface area contributed by atoms with Crippen LogP contribution >= 0.6 is 0 Å². The molecule has 6 heterocycles. The van der Waals surface area contributed by atoms with Crippen molar-refractivity contribution in [1.29, 1.82) is 0 Å². The maximum atomic E-state index is 2.64. The number of hydrogen-bond donors (Lipinski definition) is 0. The van der Waals surface area contributed by atoms with E-state index in [1.807, 2.05) is 0 Å². The van der Waals surface area contributed by atoms with Crippen LogP contribution in [0.2, 0.25) is 0 Å². The second kappa shape index (κ2) is 10.4. The Bertz CT molecular complexity index is 1460. The van der Waals surface area contributed by atoms with Crippen LogP contribution in [0.25, 0.3) is 0 Å². The molecule has 7 rings (SSSR count). The molecule has 1 aliphatic carbocycles. The van der Waals surface area contributed by atoms with Gasteiger partial charge in [-0.25, -0.2) is 0 Å². The summed E-state index contributed by atoms with van der Waals surface area (Å²) in [5.41, 5.74) is 9.06. The molecule has 0 amide bonds. The summed E-state index contributed by atoms with van der Waals surface area (Å²) in [5, 5.41) is 0. The Morgan fingerprint density at radius 2 is 1.20 bits per heavy atom. The maximum absolute atomic E-state index is 2.64. The predicted molar refractivity (Wildman–Crippen MR) is 166 cm³/mol. The SMILES string of the molecule is CCCCC1=CC(C2=C3C=CC=CN3CC=C2)(C2=C3C=CC=CN3CC=C2)C(C2=C3C=CC=CN3CC=C2)C=C1. The van der Waals surface area contributed by atoms with Crippen molar-refractivity contribution < 1.29 is 0 Å². The second-order valence-corrected chi connectivity index (χ2v) is 11.2. The van der Waals surface area contributed by atoms with Crippen molar-refractivity contribution >= 4 is 0 Å². The molecule has 1 atom stereocenters. The fourth-order valence-corrected chi connectivity index (χ4v) is 7.06. The molecule has 0 radical (unpaired) electrons. The van der Waals surface area contributed by atoms with Gasteiger partial charge in [0, 0.05) is 61.2 Å². The van der Waals surface area contributed by atoms with Crippen molar-refractivity contribution in [2.75, 3.05) is 19.6 Å². The van der Waals surface area contributed by atoms with E-state index in [4.69, 9.17) is 0 Å². The molecule has 0 spiro atoms. The highest BCUT2D eigenvalue weighted by molar-refractivity contribution is 5.63. The summed E-state index contributed by atoms with van der Waals surface area (Å²) in [5.74, 6) is 0.126. The van der Waals surface area contributed by atoms with Crippen LogP contribution in [0.1, 0.15) is 26.2 Å². The maximum Gasteiger partial charge on any atom is 0.0532 e. The Morgan fingerprint density at radius 3 is 1.80 bits per heavy atom. The van der Waals surface area contributed by atoms with Gasteiger partial charge in [0.2, 0.25) is 0 Å². The summed E-state index contributed by atoms with van der Waals surface area (Å²) in [6.45, 7) is 4.99. The van der Waals surface area contributed by atoms with Crippen LogP contribution in [0.3, 0.4) is 0 Å². The lowest BCUT2D eigenvalue weighted by molar-refractivity contribution is 0.392. The summed E-state index contributed by atoms with van der Waals surface area (Å²) in [7, 11) is 0. The van der Waals surface area contributed by atoms with Gasteiger partial charge in [-0.15, -0.1) is 0 Å². The van der Waals surface area contributed by atoms with Crippen LogP contribution in [-0.4, -0.2) is 34.3 Å². The standard InChI is InChI=1S/C37H37N3/c1-2-3-13-29-20-21-31(30-14-10-25-38-22-7-4-17-34(30)38)37(28-29,32-15-11-26-39-23-8-5-18-35(32)39)33-16-12-27-40-24-9-6-19-36(33)40/h4-12,14-24,28,31H,2-3,13,25-27H2,1H3. The molecule has 0 aromatic heterocycles. The zero-order chi connectivity index (χ0) is 26.9. The average molecular weight is 524 g/mol. The minimum Gasteiger partial charge on any atom is -0.344 e. The Labute approximate surface area is 238 Å². The molecule has 0 aromatic carbocycles. The minimum absolute atomic E-state index is 0.126. The van der Waals surface area contributed by atoms with Gasteiger partial charge in [0.15, 0.2) is 0 Å². The lowest BCUT2D eigenvalue weighted by Gasteiger charge is -2.49. The van der Waals surface area contributed by atoms with E-state index in [2.05, 4.69) is 150 Å². The van der Waals surface area contributed by atoms with E-state index in [0.29, 0.717) is 0 Å². The van der Waals surface area contributed by atoms with Crippen molar-refractivity contribution in [2.24, 2.45) is 11.3 Å². The Morgan fingerprint density at radius 1 is 0.650 bits per heavy atom. The minimum atomic E-state index is -0.386. The first-order valence-corrected chi connectivity index (χ1v) is 14.8. The highest BCUT2D eigenvalue weighted by Crippen LogP contribution is 2.57. The molecule has 0 saturated heterocycles. The number of hydrogen-bond acceptors (Lipinski definition) is 3. The van der Waals surface area contributed by atoms with Gasteiger partial charge in [0.25, 0.3) is 0 Å². The number of allylic oxidation sites excluding steroid dienone is 19. The van der Waals surface area contributed by atoms with Gasteiger partial charge in [-0.05, 0) is 66.0 Å². The van der Waals surface area contributed by atoms with Gasteiger partial charge < -0.3 is 14.7 Å². The zero-order valence-electron chi connectivity index (χ0n) is 23.3. The highest BCUT2D eigenvalue weighted by Gasteiger charge is 2.48. The molecule has 0 N–H and O–H groups in total. The topological polar surface area (TPSA) is 9.72 Å². The van der Waals surface area contributed by atoms with Gasteiger partial charge in [-0.1, -0.05) is 91.8 Å². The molecular formula is C37H37N3. The van der Waals surface area contributed by atoms with Gasteiger partial charge in [0.05, 0.1) is 5.41 Å². The van der Waals surface area contributed by atoms with Gasteiger partial charge >= 0.3 is 0 Å². The van der Waals surface area contributed by atoms with Crippen LogP contribution in [0.5, 0.6) is 0 Å². The van der Waals surface area contributed by atoms with E-state index in [0.717, 1.165) is 26.1 Å². The fourth-order valence-electron chi connectivity index (χ4n) is 7.06. The largest absolute Gasteiger partial charge is 0.344 e. The van der Waals surface area contributed by atoms with E-state index in [-0.39, 0.29) is 11.3 Å². The summed E-state index contributed by atoms with van der Waals surface area (Å²) >= 11 is 0. The highest BCUT2D eigenvalue weighted by atomic mass is 15.1. The fraction of sp³-hybridized carbons (Fsp3) is 0.243. The monoisotopic (exact) mass is 523 g/mol. The van der Waals surface area contributed by atoms with Crippen LogP contribution in [-0.2, 0) is 0 Å². The molecule has 7 aliphatic rings. The molecule has 0 aromatic rings. The van der Waals surface area contributed by atoms with Crippen molar-refractivity contribution in [3.63, 3.8) is 0 Å². The van der Waals surface area contributed by atoms with Crippen LogP contribution in [0.15, 0.2) is 167 Å². The van der Waals surface area contributed by atoms with E-state index >= 15 is 0 Å². The smallest absolute Gasteiger partial charge is 0.0532 e. The Hall–Kier alpha value is -4.24. The van der Waals surface area contributed by atoms with E-state index < -0.39 is 0 Å². The quantitative estimate of drug-likeness (QED) is 0.350. The molecule has 6 aliphatic heterocycles. The Balaban J connectivity index is 1.55. The number of fused-ring (bicyclic) bond motifs is 3. The first-order valence-electron chi connectivity index (χ1n) is 14.8. The molecule has 0 saturated carbocycles. The second-order valence-electron chi connectivity index (χ2n) is 11.2. The van der Waals surface area contributed by atoms with E-state index in [9.17, 15) is 0 Å². The van der Waals surface area contributed by atoms with Crippen molar-refractivity contribution in [1.82, 2.24) is 14.7 Å². The third-order valence-corrected chi connectivity index (χ3v) is 8.89. The average Bonchev–Trinajstić information content (AvgIpc) is 3.03. The lowest BCUT2D eigenvalue weighted by Crippen LogP contribution is -2.41. The predicted octanol–water partition coefficient (Wildman–Crippen LogP) is 7.90. The van der Waals surface area contributed by atoms with Crippen LogP contribution in [0, 0.1) is 11.3 Å². The lowest BCUT2D eigenvalue weighted by atomic mass is 9.57. The molecule has 200 valence electrons. The van der Waals surface area contributed by atoms with Gasteiger partial charge in [0.1, 0.15) is 0 Å². The van der Waals surface area contributed by atoms with Crippen LogP contribution < -0.4 is 0 Å². The molecule has 3 heteroatoms. The molecule has 1 unspecified atom stereocenters. The van der Waals surface area contributed by atoms with Gasteiger partial charge in [-0.3, -0.25) is 0 Å². The number of nitrogens with zero attached hydrogens (tertiary/aromatic N) is 3. The third-order valence-electron chi connectivity index (χ3n) is 8.89. The van der Waals surface area contributed by atoms with Gasteiger partial charge in [-0.2, -0.15) is 0 Å². The summed E-state index contributed by atoms with van der Waals surface area (Å²) in [6, 6.07) is 0. The summed E-state index contributed by atoms with van der Waals surface area (Å²) in [4.78, 5) is 7.20. The first-order chi connectivity index (χ1) is 19.8. The Kier molecular flexibility index (Phi) is 6.43. The summed E-state index contributed by atoms with van der Waals surface area (Å²) in [6.07, 6.45) is 51.9. The van der Waals surface area contributed by atoms with Crippen molar-refractivity contribution in [3.05, 3.63) is 167 Å². The first kappa shape index (κ1) is 24.8. The van der Waals surface area contributed by atoms with Crippen molar-refractivity contribution in [2.45, 2.75) is 26.2 Å².